The summed E-state index contributed by atoms with van der Waals surface area (Å²) in [4.78, 5) is 2.57. The number of nitrogens with zero attached hydrogens (tertiary/aromatic N) is 1. The van der Waals surface area contributed by atoms with E-state index < -0.39 is 0 Å². The van der Waals surface area contributed by atoms with E-state index in [1.165, 1.54) is 35.0 Å². The van der Waals surface area contributed by atoms with Crippen LogP contribution in [-0.2, 0) is 6.42 Å². The van der Waals surface area contributed by atoms with Gasteiger partial charge in [-0.1, -0.05) is 12.1 Å². The van der Waals surface area contributed by atoms with Crippen LogP contribution in [0.1, 0.15) is 18.4 Å². The Balaban J connectivity index is 1.99. The molecule has 16 heavy (non-hydrogen) atoms. The van der Waals surface area contributed by atoms with E-state index in [0.717, 1.165) is 19.1 Å². The van der Waals surface area contributed by atoms with E-state index in [4.69, 9.17) is 5.73 Å². The second kappa shape index (κ2) is 4.04. The Labute approximate surface area is 105 Å². The lowest BCUT2D eigenvalue weighted by molar-refractivity contribution is 0.537. The zero-order valence-corrected chi connectivity index (χ0v) is 10.9. The standard InChI is InChI=1S/C13H17BrN2/c14-12-3-1-2-10-4-5-11-6-9(7-15)8-16(11)13(10)12/h1-3,9,11H,4-8,15H2. The van der Waals surface area contributed by atoms with Crippen molar-refractivity contribution in [3.8, 4) is 0 Å². The van der Waals surface area contributed by atoms with Crippen molar-refractivity contribution in [2.24, 2.45) is 11.7 Å². The van der Waals surface area contributed by atoms with E-state index in [1.54, 1.807) is 0 Å². The summed E-state index contributed by atoms with van der Waals surface area (Å²) in [7, 11) is 0. The van der Waals surface area contributed by atoms with Gasteiger partial charge in [0.2, 0.25) is 0 Å². The number of halogens is 1. The average molecular weight is 281 g/mol. The van der Waals surface area contributed by atoms with Crippen LogP contribution in [0.15, 0.2) is 22.7 Å². The molecule has 0 aliphatic carbocycles. The van der Waals surface area contributed by atoms with Gasteiger partial charge in [0.1, 0.15) is 0 Å². The lowest BCUT2D eigenvalue weighted by Crippen LogP contribution is -2.34. The van der Waals surface area contributed by atoms with Crippen LogP contribution >= 0.6 is 15.9 Å². The monoisotopic (exact) mass is 280 g/mol. The summed E-state index contributed by atoms with van der Waals surface area (Å²) in [5.74, 6) is 0.683. The van der Waals surface area contributed by atoms with Crippen molar-refractivity contribution >= 4 is 21.6 Å². The van der Waals surface area contributed by atoms with Crippen LogP contribution in [0.5, 0.6) is 0 Å². The van der Waals surface area contributed by atoms with Crippen molar-refractivity contribution < 1.29 is 0 Å². The smallest absolute Gasteiger partial charge is 0.0545 e. The Morgan fingerprint density at radius 3 is 3.12 bits per heavy atom. The summed E-state index contributed by atoms with van der Waals surface area (Å²) in [6, 6.07) is 7.27. The van der Waals surface area contributed by atoms with Crippen LogP contribution in [0.2, 0.25) is 0 Å². The molecular formula is C13H17BrN2. The van der Waals surface area contributed by atoms with Gasteiger partial charge >= 0.3 is 0 Å². The van der Waals surface area contributed by atoms with Crippen molar-refractivity contribution in [2.45, 2.75) is 25.3 Å². The first kappa shape index (κ1) is 10.6. The molecule has 2 unspecified atom stereocenters. The normalized spacial score (nSPS) is 27.8. The molecule has 2 nitrogen and oxygen atoms in total. The molecule has 86 valence electrons. The first-order valence-corrected chi connectivity index (χ1v) is 6.83. The molecule has 3 heteroatoms. The highest BCUT2D eigenvalue weighted by Crippen LogP contribution is 2.41. The molecule has 0 saturated carbocycles. The maximum Gasteiger partial charge on any atom is 0.0545 e. The second-order valence-corrected chi connectivity index (χ2v) is 5.78. The number of aryl methyl sites for hydroxylation is 1. The highest BCUT2D eigenvalue weighted by molar-refractivity contribution is 9.10. The van der Waals surface area contributed by atoms with Crippen LogP contribution in [0.25, 0.3) is 0 Å². The Morgan fingerprint density at radius 2 is 2.31 bits per heavy atom. The molecule has 1 aromatic rings. The van der Waals surface area contributed by atoms with Gasteiger partial charge in [-0.05, 0) is 59.3 Å². The maximum atomic E-state index is 5.81. The Hall–Kier alpha value is -0.540. The zero-order chi connectivity index (χ0) is 11.1. The van der Waals surface area contributed by atoms with Gasteiger partial charge in [-0.15, -0.1) is 0 Å². The summed E-state index contributed by atoms with van der Waals surface area (Å²) in [5.41, 5.74) is 8.72. The molecule has 2 N–H and O–H groups in total. The molecule has 0 aromatic heterocycles. The molecule has 3 rings (SSSR count). The number of hydrogen-bond donors (Lipinski definition) is 1. The number of nitrogens with two attached hydrogens (primary N) is 1. The molecule has 0 amide bonds. The Bertz CT molecular complexity index is 405. The van der Waals surface area contributed by atoms with E-state index in [9.17, 15) is 0 Å². The van der Waals surface area contributed by atoms with Gasteiger partial charge in [0.15, 0.2) is 0 Å². The predicted molar refractivity (Wildman–Crippen MR) is 70.8 cm³/mol. The first-order valence-electron chi connectivity index (χ1n) is 6.03. The minimum Gasteiger partial charge on any atom is -0.367 e. The number of fused-ring (bicyclic) bond motifs is 3. The molecule has 0 spiro atoms. The van der Waals surface area contributed by atoms with Gasteiger partial charge in [0.25, 0.3) is 0 Å². The van der Waals surface area contributed by atoms with E-state index in [-0.39, 0.29) is 0 Å². The number of rotatable bonds is 1. The Kier molecular flexibility index (Phi) is 2.68. The minimum absolute atomic E-state index is 0.683. The topological polar surface area (TPSA) is 29.3 Å². The van der Waals surface area contributed by atoms with Gasteiger partial charge in [0, 0.05) is 17.1 Å². The average Bonchev–Trinajstić information content (AvgIpc) is 2.72. The largest absolute Gasteiger partial charge is 0.367 e. The van der Waals surface area contributed by atoms with Crippen molar-refractivity contribution in [2.75, 3.05) is 18.0 Å². The van der Waals surface area contributed by atoms with Crippen molar-refractivity contribution in [1.82, 2.24) is 0 Å². The fourth-order valence-electron chi connectivity index (χ4n) is 3.14. The number of anilines is 1. The van der Waals surface area contributed by atoms with Gasteiger partial charge in [0.05, 0.1) is 5.69 Å². The molecule has 2 atom stereocenters. The van der Waals surface area contributed by atoms with Crippen LogP contribution in [0, 0.1) is 5.92 Å². The fraction of sp³-hybridized carbons (Fsp3) is 0.538. The molecule has 2 aliphatic heterocycles. The third-order valence-corrected chi connectivity index (χ3v) is 4.58. The van der Waals surface area contributed by atoms with Crippen molar-refractivity contribution in [3.05, 3.63) is 28.2 Å². The number of hydrogen-bond acceptors (Lipinski definition) is 2. The van der Waals surface area contributed by atoms with Gasteiger partial charge < -0.3 is 10.6 Å². The Morgan fingerprint density at radius 1 is 1.44 bits per heavy atom. The SMILES string of the molecule is NCC1CC2CCc3cccc(Br)c3N2C1. The van der Waals surface area contributed by atoms with Gasteiger partial charge in [-0.25, -0.2) is 0 Å². The number of para-hydroxylation sites is 1. The van der Waals surface area contributed by atoms with Crippen LogP contribution in [-0.4, -0.2) is 19.1 Å². The van der Waals surface area contributed by atoms with Crippen molar-refractivity contribution in [3.63, 3.8) is 0 Å². The molecule has 0 bridgehead atoms. The highest BCUT2D eigenvalue weighted by Gasteiger charge is 2.35. The maximum absolute atomic E-state index is 5.81. The summed E-state index contributed by atoms with van der Waals surface area (Å²) in [6.45, 7) is 1.96. The van der Waals surface area contributed by atoms with Gasteiger partial charge in [-0.2, -0.15) is 0 Å². The van der Waals surface area contributed by atoms with Gasteiger partial charge in [-0.3, -0.25) is 0 Å². The summed E-state index contributed by atoms with van der Waals surface area (Å²) >= 11 is 3.69. The number of benzene rings is 1. The molecule has 2 aliphatic rings. The first-order chi connectivity index (χ1) is 7.79. The zero-order valence-electron chi connectivity index (χ0n) is 9.32. The van der Waals surface area contributed by atoms with E-state index in [2.05, 4.69) is 39.0 Å². The third-order valence-electron chi connectivity index (χ3n) is 3.94. The highest BCUT2D eigenvalue weighted by atomic mass is 79.9. The molecule has 1 aromatic carbocycles. The van der Waals surface area contributed by atoms with E-state index in [0.29, 0.717) is 5.92 Å². The second-order valence-electron chi connectivity index (χ2n) is 4.93. The lowest BCUT2D eigenvalue weighted by atomic mass is 9.95. The lowest BCUT2D eigenvalue weighted by Gasteiger charge is -2.34. The minimum atomic E-state index is 0.683. The van der Waals surface area contributed by atoms with Crippen LogP contribution in [0.3, 0.4) is 0 Å². The third kappa shape index (κ3) is 1.57. The summed E-state index contributed by atoms with van der Waals surface area (Å²) < 4.78 is 1.24. The summed E-state index contributed by atoms with van der Waals surface area (Å²) in [5, 5.41) is 0. The van der Waals surface area contributed by atoms with Crippen LogP contribution < -0.4 is 10.6 Å². The van der Waals surface area contributed by atoms with Crippen molar-refractivity contribution in [1.29, 1.82) is 0 Å². The molecule has 1 fully saturated rings. The molecule has 0 radical (unpaired) electrons. The van der Waals surface area contributed by atoms with E-state index >= 15 is 0 Å². The van der Waals surface area contributed by atoms with Crippen LogP contribution in [0.4, 0.5) is 5.69 Å². The van der Waals surface area contributed by atoms with E-state index in [1.807, 2.05) is 0 Å². The molecule has 1 saturated heterocycles. The summed E-state index contributed by atoms with van der Waals surface area (Å²) in [6.07, 6.45) is 3.78. The fourth-order valence-corrected chi connectivity index (χ4v) is 3.77. The quantitative estimate of drug-likeness (QED) is 0.857. The molecule has 2 heterocycles. The predicted octanol–water partition coefficient (Wildman–Crippen LogP) is 2.55. The molecular weight excluding hydrogens is 264 g/mol.